The second-order valence-electron chi connectivity index (χ2n) is 8.88. The van der Waals surface area contributed by atoms with E-state index in [9.17, 15) is 4.39 Å². The monoisotopic (exact) mass is 422 g/mol. The standard InChI is InChI=1S/C26H36FN.C2H3N/c1-21(2)28(20-18-22-7-4-3-5-8-22)19-6-9-23-10-12-24(13-11-23)25-14-16-26(27)17-15-25;1-2-3/h3-5,7-8,10-13,21,25-26H,6,9,14-20H2,1-2H3;1H3. The smallest absolute Gasteiger partial charge is 0.100 e. The van der Waals surface area contributed by atoms with Crippen molar-refractivity contribution < 1.29 is 4.39 Å². The summed E-state index contributed by atoms with van der Waals surface area (Å²) in [6.07, 6.45) is 6.36. The van der Waals surface area contributed by atoms with Gasteiger partial charge in [0.25, 0.3) is 0 Å². The summed E-state index contributed by atoms with van der Waals surface area (Å²) in [4.78, 5) is 2.59. The van der Waals surface area contributed by atoms with Gasteiger partial charge >= 0.3 is 0 Å². The van der Waals surface area contributed by atoms with Crippen LogP contribution in [-0.4, -0.2) is 30.2 Å². The molecule has 0 saturated heterocycles. The van der Waals surface area contributed by atoms with Crippen LogP contribution in [0, 0.1) is 11.3 Å². The van der Waals surface area contributed by atoms with Crippen LogP contribution in [0.1, 0.15) is 75.5 Å². The summed E-state index contributed by atoms with van der Waals surface area (Å²) in [6, 6.07) is 22.3. The van der Waals surface area contributed by atoms with E-state index in [2.05, 4.69) is 73.3 Å². The summed E-state index contributed by atoms with van der Waals surface area (Å²) in [6.45, 7) is 8.29. The van der Waals surface area contributed by atoms with E-state index in [4.69, 9.17) is 5.26 Å². The van der Waals surface area contributed by atoms with E-state index in [1.807, 2.05) is 0 Å². The van der Waals surface area contributed by atoms with Crippen LogP contribution >= 0.6 is 0 Å². The van der Waals surface area contributed by atoms with Crippen LogP contribution in [0.3, 0.4) is 0 Å². The third kappa shape index (κ3) is 9.23. The molecule has 1 aliphatic carbocycles. The minimum atomic E-state index is -0.568. The first-order valence-electron chi connectivity index (χ1n) is 11.8. The first-order chi connectivity index (χ1) is 15.0. The van der Waals surface area contributed by atoms with Gasteiger partial charge in [0.2, 0.25) is 0 Å². The van der Waals surface area contributed by atoms with Gasteiger partial charge in [-0.2, -0.15) is 5.26 Å². The second kappa shape index (κ2) is 14.0. The minimum Gasteiger partial charge on any atom is -0.301 e. The Morgan fingerprint density at radius 2 is 1.48 bits per heavy atom. The molecule has 0 N–H and O–H groups in total. The molecule has 0 radical (unpaired) electrons. The Kier molecular flexibility index (Phi) is 11.3. The van der Waals surface area contributed by atoms with Crippen molar-refractivity contribution in [2.24, 2.45) is 0 Å². The summed E-state index contributed by atoms with van der Waals surface area (Å²) in [5.41, 5.74) is 4.25. The number of rotatable bonds is 9. The van der Waals surface area contributed by atoms with Crippen molar-refractivity contribution in [2.45, 2.75) is 83.8 Å². The summed E-state index contributed by atoms with van der Waals surface area (Å²) in [7, 11) is 0. The summed E-state index contributed by atoms with van der Waals surface area (Å²) in [5.74, 6) is 0.565. The molecular formula is C28H39FN2. The fourth-order valence-corrected chi connectivity index (χ4v) is 4.37. The lowest BCUT2D eigenvalue weighted by molar-refractivity contribution is 0.222. The third-order valence-electron chi connectivity index (χ3n) is 6.28. The molecule has 0 bridgehead atoms. The van der Waals surface area contributed by atoms with Gasteiger partial charge in [0.15, 0.2) is 0 Å². The SMILES string of the molecule is CC#N.CC(C)N(CCCc1ccc(C2CCC(F)CC2)cc1)CCc1ccccc1. The van der Waals surface area contributed by atoms with Crippen molar-refractivity contribution in [1.82, 2.24) is 4.90 Å². The summed E-state index contributed by atoms with van der Waals surface area (Å²) < 4.78 is 13.3. The Morgan fingerprint density at radius 1 is 0.903 bits per heavy atom. The van der Waals surface area contributed by atoms with Crippen molar-refractivity contribution in [2.75, 3.05) is 13.1 Å². The van der Waals surface area contributed by atoms with E-state index < -0.39 is 6.17 Å². The molecule has 0 aliphatic heterocycles. The Labute approximate surface area is 189 Å². The molecule has 0 amide bonds. The van der Waals surface area contributed by atoms with Gasteiger partial charge in [-0.25, -0.2) is 4.39 Å². The highest BCUT2D eigenvalue weighted by Crippen LogP contribution is 2.34. The van der Waals surface area contributed by atoms with E-state index in [1.54, 1.807) is 6.07 Å². The first kappa shape index (κ1) is 25.1. The predicted octanol–water partition coefficient (Wildman–Crippen LogP) is 7.10. The van der Waals surface area contributed by atoms with Crippen LogP contribution in [0.15, 0.2) is 54.6 Å². The topological polar surface area (TPSA) is 27.0 Å². The van der Waals surface area contributed by atoms with Crippen LogP contribution in [0.4, 0.5) is 4.39 Å². The lowest BCUT2D eigenvalue weighted by Gasteiger charge is -2.26. The number of alkyl halides is 1. The van der Waals surface area contributed by atoms with Gasteiger partial charge in [0.05, 0.1) is 6.07 Å². The molecule has 168 valence electrons. The van der Waals surface area contributed by atoms with E-state index in [0.29, 0.717) is 12.0 Å². The molecule has 3 rings (SSSR count). The highest BCUT2D eigenvalue weighted by atomic mass is 19.1. The fourth-order valence-electron chi connectivity index (χ4n) is 4.37. The molecular weight excluding hydrogens is 383 g/mol. The quantitative estimate of drug-likeness (QED) is 0.431. The average molecular weight is 423 g/mol. The molecule has 1 aliphatic rings. The van der Waals surface area contributed by atoms with Gasteiger partial charge in [-0.1, -0.05) is 54.6 Å². The molecule has 0 aromatic heterocycles. The van der Waals surface area contributed by atoms with Crippen molar-refractivity contribution in [3.63, 3.8) is 0 Å². The van der Waals surface area contributed by atoms with Crippen LogP contribution < -0.4 is 0 Å². The van der Waals surface area contributed by atoms with Crippen molar-refractivity contribution in [1.29, 1.82) is 5.26 Å². The van der Waals surface area contributed by atoms with E-state index in [-0.39, 0.29) is 0 Å². The summed E-state index contributed by atoms with van der Waals surface area (Å²) in [5, 5.41) is 7.32. The maximum Gasteiger partial charge on any atom is 0.100 e. The number of aryl methyl sites for hydroxylation is 1. The predicted molar refractivity (Wildman–Crippen MR) is 129 cm³/mol. The van der Waals surface area contributed by atoms with Crippen LogP contribution in [0.2, 0.25) is 0 Å². The minimum absolute atomic E-state index is 0.565. The molecule has 1 saturated carbocycles. The molecule has 0 spiro atoms. The molecule has 0 unspecified atom stereocenters. The Bertz CT molecular complexity index is 756. The zero-order valence-corrected chi connectivity index (χ0v) is 19.6. The Morgan fingerprint density at radius 3 is 2.06 bits per heavy atom. The molecule has 2 aromatic carbocycles. The first-order valence-corrected chi connectivity index (χ1v) is 11.8. The van der Waals surface area contributed by atoms with Crippen LogP contribution in [0.5, 0.6) is 0 Å². The molecule has 1 fully saturated rings. The molecule has 3 heteroatoms. The molecule has 2 nitrogen and oxygen atoms in total. The molecule has 2 aromatic rings. The number of hydrogen-bond acceptors (Lipinski definition) is 2. The number of hydrogen-bond donors (Lipinski definition) is 0. The maximum absolute atomic E-state index is 13.3. The summed E-state index contributed by atoms with van der Waals surface area (Å²) >= 11 is 0. The lowest BCUT2D eigenvalue weighted by Crippen LogP contribution is -2.34. The van der Waals surface area contributed by atoms with Gasteiger partial charge in [-0.05, 0) is 87.9 Å². The Balaban J connectivity index is 0.00000107. The van der Waals surface area contributed by atoms with Gasteiger partial charge in [0.1, 0.15) is 6.17 Å². The van der Waals surface area contributed by atoms with E-state index in [0.717, 1.165) is 51.6 Å². The lowest BCUT2D eigenvalue weighted by atomic mass is 9.83. The van der Waals surface area contributed by atoms with Gasteiger partial charge in [-0.15, -0.1) is 0 Å². The maximum atomic E-state index is 13.3. The largest absolute Gasteiger partial charge is 0.301 e. The average Bonchev–Trinajstić information content (AvgIpc) is 2.78. The van der Waals surface area contributed by atoms with Gasteiger partial charge in [0, 0.05) is 19.5 Å². The number of nitriles is 1. The fraction of sp³-hybridized carbons (Fsp3) is 0.536. The number of benzene rings is 2. The highest BCUT2D eigenvalue weighted by Gasteiger charge is 2.21. The van der Waals surface area contributed by atoms with Crippen molar-refractivity contribution >= 4 is 0 Å². The van der Waals surface area contributed by atoms with E-state index in [1.165, 1.54) is 30.0 Å². The second-order valence-corrected chi connectivity index (χ2v) is 8.88. The van der Waals surface area contributed by atoms with E-state index >= 15 is 0 Å². The number of nitrogens with zero attached hydrogens (tertiary/aromatic N) is 2. The molecule has 0 heterocycles. The van der Waals surface area contributed by atoms with Crippen LogP contribution in [-0.2, 0) is 12.8 Å². The molecule has 31 heavy (non-hydrogen) atoms. The van der Waals surface area contributed by atoms with Crippen molar-refractivity contribution in [3.8, 4) is 6.07 Å². The third-order valence-corrected chi connectivity index (χ3v) is 6.28. The van der Waals surface area contributed by atoms with Gasteiger partial charge in [-0.3, -0.25) is 0 Å². The normalized spacial score (nSPS) is 18.4. The van der Waals surface area contributed by atoms with Crippen LogP contribution in [0.25, 0.3) is 0 Å². The number of halogens is 1. The zero-order valence-electron chi connectivity index (χ0n) is 19.6. The van der Waals surface area contributed by atoms with Gasteiger partial charge < -0.3 is 4.90 Å². The molecule has 0 atom stereocenters. The van der Waals surface area contributed by atoms with Crippen molar-refractivity contribution in [3.05, 3.63) is 71.3 Å². The highest BCUT2D eigenvalue weighted by molar-refractivity contribution is 5.26. The zero-order chi connectivity index (χ0) is 22.5. The Hall–Kier alpha value is -2.18.